The van der Waals surface area contributed by atoms with Gasteiger partial charge in [-0.15, -0.1) is 11.3 Å². The fourth-order valence-electron chi connectivity index (χ4n) is 3.70. The first-order valence-corrected chi connectivity index (χ1v) is 10.6. The van der Waals surface area contributed by atoms with Crippen LogP contribution in [-0.2, 0) is 20.0 Å². The molecule has 154 valence electrons. The second-order valence-corrected chi connectivity index (χ2v) is 8.67. The molecule has 1 aliphatic heterocycles. The third-order valence-electron chi connectivity index (χ3n) is 5.25. The molecule has 30 heavy (non-hydrogen) atoms. The molecule has 10 heteroatoms. The maximum atomic E-state index is 13.0. The van der Waals surface area contributed by atoms with E-state index in [1.807, 2.05) is 48.8 Å². The molecule has 9 nitrogen and oxygen atoms in total. The third kappa shape index (κ3) is 3.13. The summed E-state index contributed by atoms with van der Waals surface area (Å²) in [5, 5.41) is 10.4. The Balaban J connectivity index is 1.52. The highest BCUT2D eigenvalue weighted by molar-refractivity contribution is 7.19. The highest BCUT2D eigenvalue weighted by atomic mass is 32.1. The second kappa shape index (κ2) is 7.21. The van der Waals surface area contributed by atoms with Crippen molar-refractivity contribution in [3.8, 4) is 0 Å². The Morgan fingerprint density at radius 1 is 1.27 bits per heavy atom. The van der Waals surface area contributed by atoms with Gasteiger partial charge in [0, 0.05) is 51.6 Å². The zero-order valence-electron chi connectivity index (χ0n) is 17.1. The number of hydrogen-bond donors (Lipinski definition) is 1. The number of aryl methyl sites for hydroxylation is 1. The zero-order chi connectivity index (χ0) is 20.8. The summed E-state index contributed by atoms with van der Waals surface area (Å²) in [7, 11) is 5.84. The molecule has 0 fully saturated rings. The van der Waals surface area contributed by atoms with Gasteiger partial charge >= 0.3 is 0 Å². The lowest BCUT2D eigenvalue weighted by Gasteiger charge is -2.11. The van der Waals surface area contributed by atoms with Gasteiger partial charge in [0.25, 0.3) is 5.56 Å². The predicted octanol–water partition coefficient (Wildman–Crippen LogP) is 1.75. The first-order valence-electron chi connectivity index (χ1n) is 9.76. The van der Waals surface area contributed by atoms with Crippen LogP contribution in [-0.4, -0.2) is 50.7 Å². The van der Waals surface area contributed by atoms with Gasteiger partial charge in [-0.2, -0.15) is 10.2 Å². The van der Waals surface area contributed by atoms with Crippen LogP contribution in [0, 0.1) is 0 Å². The Morgan fingerprint density at radius 3 is 2.90 bits per heavy atom. The van der Waals surface area contributed by atoms with Crippen LogP contribution in [0.3, 0.4) is 0 Å². The summed E-state index contributed by atoms with van der Waals surface area (Å²) in [4.78, 5) is 24.5. The summed E-state index contributed by atoms with van der Waals surface area (Å²) < 4.78 is 4.35. The van der Waals surface area contributed by atoms with E-state index in [0.29, 0.717) is 18.5 Å². The van der Waals surface area contributed by atoms with Crippen molar-refractivity contribution in [1.29, 1.82) is 0 Å². The lowest BCUT2D eigenvalue weighted by Crippen LogP contribution is -2.27. The van der Waals surface area contributed by atoms with Crippen molar-refractivity contribution in [1.82, 2.24) is 29.7 Å². The van der Waals surface area contributed by atoms with Crippen LogP contribution in [0.4, 0.5) is 5.82 Å². The zero-order valence-corrected chi connectivity index (χ0v) is 17.9. The minimum absolute atomic E-state index is 0.114. The molecular formula is C20H22N8OS. The van der Waals surface area contributed by atoms with Crippen molar-refractivity contribution in [3.05, 3.63) is 45.5 Å². The molecule has 1 aliphatic rings. The highest BCUT2D eigenvalue weighted by Gasteiger charge is 2.19. The Kier molecular flexibility index (Phi) is 4.50. The molecule has 5 rings (SSSR count). The first-order chi connectivity index (χ1) is 14.5. The average Bonchev–Trinajstić information content (AvgIpc) is 3.43. The van der Waals surface area contributed by atoms with E-state index in [9.17, 15) is 4.79 Å². The van der Waals surface area contributed by atoms with Crippen LogP contribution in [0.2, 0.25) is 0 Å². The van der Waals surface area contributed by atoms with E-state index in [1.165, 1.54) is 4.68 Å². The third-order valence-corrected chi connectivity index (χ3v) is 6.32. The summed E-state index contributed by atoms with van der Waals surface area (Å²) in [6, 6.07) is 6.01. The van der Waals surface area contributed by atoms with E-state index in [1.54, 1.807) is 17.5 Å². The quantitative estimate of drug-likeness (QED) is 0.527. The topological polar surface area (TPSA) is 93.2 Å². The lowest BCUT2D eigenvalue weighted by atomic mass is 10.3. The molecular weight excluding hydrogens is 400 g/mol. The summed E-state index contributed by atoms with van der Waals surface area (Å²) in [6.45, 7) is 1.22. The summed E-state index contributed by atoms with van der Waals surface area (Å²) in [6.07, 6.45) is 3.26. The number of nitrogens with zero attached hydrogens (tertiary/aromatic N) is 7. The van der Waals surface area contributed by atoms with E-state index < -0.39 is 0 Å². The van der Waals surface area contributed by atoms with Crippen LogP contribution in [0.15, 0.2) is 34.3 Å². The number of thiazole rings is 1. The van der Waals surface area contributed by atoms with E-state index >= 15 is 0 Å². The molecule has 4 aromatic heterocycles. The van der Waals surface area contributed by atoms with Gasteiger partial charge in [-0.25, -0.2) is 14.6 Å². The minimum Gasteiger partial charge on any atom is -0.363 e. The van der Waals surface area contributed by atoms with Crippen molar-refractivity contribution in [2.75, 3.05) is 25.5 Å². The number of hydrazone groups is 1. The van der Waals surface area contributed by atoms with Crippen molar-refractivity contribution < 1.29 is 0 Å². The van der Waals surface area contributed by atoms with Crippen molar-refractivity contribution in [2.45, 2.75) is 19.4 Å². The van der Waals surface area contributed by atoms with Crippen LogP contribution in [0.5, 0.6) is 0 Å². The summed E-state index contributed by atoms with van der Waals surface area (Å²) >= 11 is 1.60. The van der Waals surface area contributed by atoms with Gasteiger partial charge in [0.15, 0.2) is 5.65 Å². The summed E-state index contributed by atoms with van der Waals surface area (Å²) in [5.41, 5.74) is 6.17. The molecule has 0 radical (unpaired) electrons. The van der Waals surface area contributed by atoms with Crippen molar-refractivity contribution in [3.63, 3.8) is 0 Å². The monoisotopic (exact) mass is 422 g/mol. The van der Waals surface area contributed by atoms with Crippen LogP contribution in [0.25, 0.3) is 21.3 Å². The number of fused-ring (bicyclic) bond motifs is 3. The standard InChI is InChI=1S/C20H22N8OS/c1-26(2)15-6-4-5-12(23-15)9-16-24-19-18(30-16)14-10-22-28(11-13-7-8-21-25-13)20(29)17(14)27(19)3/h4-6,10,21H,7-9,11H2,1-3H3. The second-order valence-electron chi connectivity index (χ2n) is 7.58. The molecule has 4 aromatic rings. The first kappa shape index (κ1) is 18.7. The van der Waals surface area contributed by atoms with Crippen molar-refractivity contribution >= 4 is 44.1 Å². The van der Waals surface area contributed by atoms with Gasteiger partial charge in [-0.05, 0) is 12.1 Å². The number of rotatable bonds is 5. The molecule has 0 saturated carbocycles. The smallest absolute Gasteiger partial charge is 0.291 e. The van der Waals surface area contributed by atoms with E-state index in [0.717, 1.165) is 50.9 Å². The molecule has 1 N–H and O–H groups in total. The molecule has 0 spiro atoms. The Bertz CT molecular complexity index is 1350. The average molecular weight is 423 g/mol. The van der Waals surface area contributed by atoms with Gasteiger partial charge in [0.2, 0.25) is 0 Å². The molecule has 0 aromatic carbocycles. The van der Waals surface area contributed by atoms with Crippen LogP contribution >= 0.6 is 11.3 Å². The SMILES string of the molecule is CN(C)c1cccc(Cc2nc3c(s2)c2cnn(CC4=NNCC4)c(=O)c2n3C)n1. The van der Waals surface area contributed by atoms with E-state index in [4.69, 9.17) is 4.98 Å². The number of nitrogens with one attached hydrogen (secondary N) is 1. The van der Waals surface area contributed by atoms with Crippen molar-refractivity contribution in [2.24, 2.45) is 12.1 Å². The maximum absolute atomic E-state index is 13.0. The Hall–Kier alpha value is -3.27. The maximum Gasteiger partial charge on any atom is 0.291 e. The Labute approximate surface area is 176 Å². The molecule has 0 unspecified atom stereocenters. The molecule has 0 atom stereocenters. The van der Waals surface area contributed by atoms with Gasteiger partial charge in [-0.3, -0.25) is 4.79 Å². The van der Waals surface area contributed by atoms with Gasteiger partial charge in [0.1, 0.15) is 16.3 Å². The molecule has 5 heterocycles. The fraction of sp³-hybridized carbons (Fsp3) is 0.350. The van der Waals surface area contributed by atoms with E-state index in [-0.39, 0.29) is 5.56 Å². The van der Waals surface area contributed by atoms with Gasteiger partial charge in [0.05, 0.1) is 23.2 Å². The Morgan fingerprint density at radius 2 is 2.13 bits per heavy atom. The van der Waals surface area contributed by atoms with Gasteiger partial charge < -0.3 is 14.9 Å². The molecule has 0 bridgehead atoms. The number of hydrogen-bond acceptors (Lipinski definition) is 8. The largest absolute Gasteiger partial charge is 0.363 e. The van der Waals surface area contributed by atoms with Crippen LogP contribution in [0.1, 0.15) is 17.1 Å². The highest BCUT2D eigenvalue weighted by Crippen LogP contribution is 2.31. The lowest BCUT2D eigenvalue weighted by molar-refractivity contribution is 0.672. The predicted molar refractivity (Wildman–Crippen MR) is 120 cm³/mol. The number of pyridine rings is 1. The van der Waals surface area contributed by atoms with E-state index in [2.05, 4.69) is 20.6 Å². The van der Waals surface area contributed by atoms with Crippen LogP contribution < -0.4 is 15.9 Å². The minimum atomic E-state index is -0.114. The molecule has 0 saturated heterocycles. The van der Waals surface area contributed by atoms with Gasteiger partial charge in [-0.1, -0.05) is 6.07 Å². The summed E-state index contributed by atoms with van der Waals surface area (Å²) in [5.74, 6) is 0.922. The molecule has 0 aliphatic carbocycles. The number of aromatic nitrogens is 5. The fourth-order valence-corrected chi connectivity index (χ4v) is 4.82. The normalized spacial score (nSPS) is 13.8. The molecule has 0 amide bonds. The number of anilines is 1.